The van der Waals surface area contributed by atoms with Crippen LogP contribution in [-0.4, -0.2) is 38.4 Å². The molecule has 1 amide bonds. The van der Waals surface area contributed by atoms with Gasteiger partial charge < -0.3 is 4.90 Å². The third kappa shape index (κ3) is 4.27. The summed E-state index contributed by atoms with van der Waals surface area (Å²) in [6, 6.07) is 2.40. The fraction of sp³-hybridized carbons (Fsp3) is 0.545. The van der Waals surface area contributed by atoms with Crippen molar-refractivity contribution in [1.82, 2.24) is 9.62 Å². The van der Waals surface area contributed by atoms with E-state index in [2.05, 4.69) is 20.7 Å². The summed E-state index contributed by atoms with van der Waals surface area (Å²) in [5, 5.41) is 0. The minimum absolute atomic E-state index is 0.193. The molecule has 108 valence electrons. The van der Waals surface area contributed by atoms with Crippen molar-refractivity contribution in [2.24, 2.45) is 0 Å². The van der Waals surface area contributed by atoms with Gasteiger partial charge in [0.25, 0.3) is 10.0 Å². The molecule has 1 aromatic rings. The van der Waals surface area contributed by atoms with Gasteiger partial charge in [0, 0.05) is 13.1 Å². The molecule has 0 aliphatic heterocycles. The van der Waals surface area contributed by atoms with Crippen LogP contribution in [0.2, 0.25) is 0 Å². The number of halogens is 1. The van der Waals surface area contributed by atoms with E-state index in [-0.39, 0.29) is 10.1 Å². The molecule has 1 aromatic heterocycles. The Morgan fingerprint density at radius 3 is 2.42 bits per heavy atom. The number of hydrogen-bond donors (Lipinski definition) is 1. The molecule has 0 spiro atoms. The second-order valence-corrected chi connectivity index (χ2v) is 8.32. The van der Waals surface area contributed by atoms with Crippen LogP contribution < -0.4 is 4.72 Å². The monoisotopic (exact) mass is 368 g/mol. The number of hydrogen-bond acceptors (Lipinski definition) is 4. The van der Waals surface area contributed by atoms with Crippen LogP contribution in [0.5, 0.6) is 0 Å². The molecular formula is C11H17BrN2O3S2. The van der Waals surface area contributed by atoms with Crippen LogP contribution in [0.25, 0.3) is 0 Å². The van der Waals surface area contributed by atoms with Crippen molar-refractivity contribution >= 4 is 43.2 Å². The number of amides is 1. The molecule has 1 rings (SSSR count). The molecule has 1 unspecified atom stereocenters. The number of likely N-dealkylation sites (N-methyl/N-ethyl adjacent to an activating group) is 1. The molecule has 1 atom stereocenters. The van der Waals surface area contributed by atoms with Gasteiger partial charge in [-0.15, -0.1) is 11.3 Å². The largest absolute Gasteiger partial charge is 0.342 e. The summed E-state index contributed by atoms with van der Waals surface area (Å²) in [6.45, 7) is 6.40. The van der Waals surface area contributed by atoms with E-state index >= 15 is 0 Å². The van der Waals surface area contributed by atoms with Gasteiger partial charge in [0.2, 0.25) is 5.91 Å². The van der Waals surface area contributed by atoms with Crippen molar-refractivity contribution in [1.29, 1.82) is 0 Å². The molecule has 0 aliphatic rings. The Bertz CT molecular complexity index is 538. The third-order valence-electron chi connectivity index (χ3n) is 2.59. The van der Waals surface area contributed by atoms with Gasteiger partial charge in [0.15, 0.2) is 0 Å². The first-order chi connectivity index (χ1) is 8.81. The number of carbonyl (C=O) groups is 1. The summed E-state index contributed by atoms with van der Waals surface area (Å²) >= 11 is 4.33. The second kappa shape index (κ2) is 6.83. The summed E-state index contributed by atoms with van der Waals surface area (Å²) in [5.74, 6) is -0.218. The zero-order valence-electron chi connectivity index (χ0n) is 11.0. The predicted molar refractivity (Wildman–Crippen MR) is 79.7 cm³/mol. The van der Waals surface area contributed by atoms with E-state index < -0.39 is 16.1 Å². The Labute approximate surface area is 126 Å². The van der Waals surface area contributed by atoms with E-state index in [9.17, 15) is 13.2 Å². The van der Waals surface area contributed by atoms with Gasteiger partial charge in [-0.3, -0.25) is 4.79 Å². The number of thiophene rings is 1. The maximum Gasteiger partial charge on any atom is 0.250 e. The SMILES string of the molecule is CCN(CC)C(=O)C(C)NS(=O)(=O)c1ccc(Br)s1. The van der Waals surface area contributed by atoms with Gasteiger partial charge in [0.1, 0.15) is 4.21 Å². The van der Waals surface area contributed by atoms with E-state index in [1.807, 2.05) is 13.8 Å². The zero-order chi connectivity index (χ0) is 14.6. The van der Waals surface area contributed by atoms with E-state index in [1.54, 1.807) is 17.9 Å². The van der Waals surface area contributed by atoms with Gasteiger partial charge in [-0.05, 0) is 48.8 Å². The minimum Gasteiger partial charge on any atom is -0.342 e. The molecule has 0 fully saturated rings. The molecule has 0 saturated carbocycles. The zero-order valence-corrected chi connectivity index (χ0v) is 14.2. The van der Waals surface area contributed by atoms with Crippen LogP contribution in [0, 0.1) is 0 Å². The molecule has 1 heterocycles. The maximum atomic E-state index is 12.1. The Kier molecular flexibility index (Phi) is 5.97. The first kappa shape index (κ1) is 16.6. The average Bonchev–Trinajstić information content (AvgIpc) is 2.77. The number of sulfonamides is 1. The molecule has 0 radical (unpaired) electrons. The van der Waals surface area contributed by atoms with Crippen molar-refractivity contribution in [2.75, 3.05) is 13.1 Å². The number of nitrogens with one attached hydrogen (secondary N) is 1. The molecule has 0 bridgehead atoms. The van der Waals surface area contributed by atoms with Gasteiger partial charge in [-0.25, -0.2) is 8.42 Å². The highest BCUT2D eigenvalue weighted by atomic mass is 79.9. The summed E-state index contributed by atoms with van der Waals surface area (Å²) in [4.78, 5) is 13.6. The number of carbonyl (C=O) groups excluding carboxylic acids is 1. The smallest absolute Gasteiger partial charge is 0.250 e. The maximum absolute atomic E-state index is 12.1. The molecular weight excluding hydrogens is 352 g/mol. The predicted octanol–water partition coefficient (Wildman–Crippen LogP) is 2.05. The van der Waals surface area contributed by atoms with E-state index in [4.69, 9.17) is 0 Å². The highest BCUT2D eigenvalue weighted by Gasteiger charge is 2.25. The summed E-state index contributed by atoms with van der Waals surface area (Å²) in [6.07, 6.45) is 0. The van der Waals surface area contributed by atoms with Crippen molar-refractivity contribution in [2.45, 2.75) is 31.0 Å². The highest BCUT2D eigenvalue weighted by Crippen LogP contribution is 2.25. The van der Waals surface area contributed by atoms with Crippen molar-refractivity contribution in [3.63, 3.8) is 0 Å². The fourth-order valence-corrected chi connectivity index (χ4v) is 4.82. The average molecular weight is 369 g/mol. The quantitative estimate of drug-likeness (QED) is 0.835. The van der Waals surface area contributed by atoms with Crippen LogP contribution in [0.15, 0.2) is 20.1 Å². The molecule has 0 aromatic carbocycles. The van der Waals surface area contributed by atoms with Crippen LogP contribution in [0.1, 0.15) is 20.8 Å². The van der Waals surface area contributed by atoms with Crippen molar-refractivity contribution < 1.29 is 13.2 Å². The van der Waals surface area contributed by atoms with Crippen molar-refractivity contribution in [3.05, 3.63) is 15.9 Å². The first-order valence-corrected chi connectivity index (χ1v) is 8.97. The Hall–Kier alpha value is -0.440. The topological polar surface area (TPSA) is 66.5 Å². The molecule has 8 heteroatoms. The normalized spacial score (nSPS) is 13.3. The van der Waals surface area contributed by atoms with Crippen LogP contribution in [0.4, 0.5) is 0 Å². The lowest BCUT2D eigenvalue weighted by molar-refractivity contribution is -0.132. The number of nitrogens with zero attached hydrogens (tertiary/aromatic N) is 1. The van der Waals surface area contributed by atoms with E-state index in [0.717, 1.165) is 15.1 Å². The minimum atomic E-state index is -3.64. The van der Waals surface area contributed by atoms with Crippen LogP contribution >= 0.6 is 27.3 Å². The Morgan fingerprint density at radius 2 is 2.00 bits per heavy atom. The molecule has 1 N–H and O–H groups in total. The van der Waals surface area contributed by atoms with E-state index in [0.29, 0.717) is 13.1 Å². The standard InChI is InChI=1S/C11H17BrN2O3S2/c1-4-14(5-2)11(15)8(3)13-19(16,17)10-7-6-9(12)18-10/h6-8,13H,4-5H2,1-3H3. The summed E-state index contributed by atoms with van der Waals surface area (Å²) in [5.41, 5.74) is 0. The molecule has 0 saturated heterocycles. The molecule has 0 aliphatic carbocycles. The lowest BCUT2D eigenvalue weighted by atomic mass is 10.3. The highest BCUT2D eigenvalue weighted by molar-refractivity contribution is 9.11. The number of rotatable bonds is 6. The molecule has 19 heavy (non-hydrogen) atoms. The second-order valence-electron chi connectivity index (χ2n) is 3.91. The van der Waals surface area contributed by atoms with Gasteiger partial charge in [-0.2, -0.15) is 4.72 Å². The van der Waals surface area contributed by atoms with Gasteiger partial charge >= 0.3 is 0 Å². The molecule has 5 nitrogen and oxygen atoms in total. The summed E-state index contributed by atoms with van der Waals surface area (Å²) < 4.78 is 27.5. The van der Waals surface area contributed by atoms with Crippen LogP contribution in [-0.2, 0) is 14.8 Å². The van der Waals surface area contributed by atoms with Crippen molar-refractivity contribution in [3.8, 4) is 0 Å². The van der Waals surface area contributed by atoms with E-state index in [1.165, 1.54) is 6.07 Å². The van der Waals surface area contributed by atoms with Gasteiger partial charge in [0.05, 0.1) is 9.83 Å². The lowest BCUT2D eigenvalue weighted by Gasteiger charge is -2.23. The third-order valence-corrected chi connectivity index (χ3v) is 6.25. The lowest BCUT2D eigenvalue weighted by Crippen LogP contribution is -2.46. The Morgan fingerprint density at radius 1 is 1.42 bits per heavy atom. The van der Waals surface area contributed by atoms with Crippen LogP contribution in [0.3, 0.4) is 0 Å². The summed E-state index contributed by atoms with van der Waals surface area (Å²) in [7, 11) is -3.64. The fourth-order valence-electron chi connectivity index (χ4n) is 1.59. The van der Waals surface area contributed by atoms with Gasteiger partial charge in [-0.1, -0.05) is 0 Å². The first-order valence-electron chi connectivity index (χ1n) is 5.88. The Balaban J connectivity index is 2.81.